The van der Waals surface area contributed by atoms with Gasteiger partial charge in [0, 0.05) is 19.3 Å². The fourth-order valence-corrected chi connectivity index (χ4v) is 2.12. The number of hydrogen-bond donors (Lipinski definition) is 1. The Labute approximate surface area is 110 Å². The Balaban J connectivity index is 2.24. The lowest BCUT2D eigenvalue weighted by Crippen LogP contribution is -2.32. The Morgan fingerprint density at radius 2 is 2.32 bits per heavy atom. The predicted octanol–water partition coefficient (Wildman–Crippen LogP) is 1.27. The van der Waals surface area contributed by atoms with Gasteiger partial charge in [0.15, 0.2) is 0 Å². The molecular formula is C13H13N3O3. The van der Waals surface area contributed by atoms with Crippen LogP contribution in [-0.2, 0) is 4.79 Å². The molecule has 0 bridgehead atoms. The molecular weight excluding hydrogens is 246 g/mol. The lowest BCUT2D eigenvalue weighted by Gasteiger charge is -2.16. The Hall–Kier alpha value is -2.55. The van der Waals surface area contributed by atoms with E-state index in [2.05, 4.69) is 0 Å². The summed E-state index contributed by atoms with van der Waals surface area (Å²) in [5, 5.41) is 17.7. The van der Waals surface area contributed by atoms with E-state index >= 15 is 0 Å². The Bertz CT molecular complexity index is 564. The molecule has 0 aromatic heterocycles. The number of nitrogens with zero attached hydrogens (tertiary/aromatic N) is 3. The van der Waals surface area contributed by atoms with Gasteiger partial charge in [-0.25, -0.2) is 4.79 Å². The Kier molecular flexibility index (Phi) is 3.38. The zero-order valence-electron chi connectivity index (χ0n) is 10.4. The molecule has 19 heavy (non-hydrogen) atoms. The first kappa shape index (κ1) is 12.9. The van der Waals surface area contributed by atoms with Gasteiger partial charge in [0.1, 0.15) is 0 Å². The largest absolute Gasteiger partial charge is 0.481 e. The monoisotopic (exact) mass is 259 g/mol. The van der Waals surface area contributed by atoms with Crippen LogP contribution in [0.2, 0.25) is 0 Å². The number of likely N-dealkylation sites (N-methyl/N-ethyl adjacent to an activating group) is 1. The number of amides is 2. The standard InChI is InChI=1S/C13H13N3O3/c1-15-11(6-12(17)18)8-16(13(15)19)10-4-2-3-9(5-10)7-14/h2-5,11H,6,8H2,1H3,(H,17,18). The van der Waals surface area contributed by atoms with Crippen molar-refractivity contribution in [3.05, 3.63) is 29.8 Å². The molecule has 1 unspecified atom stereocenters. The van der Waals surface area contributed by atoms with Crippen molar-refractivity contribution in [2.45, 2.75) is 12.5 Å². The van der Waals surface area contributed by atoms with Crippen LogP contribution in [0.15, 0.2) is 24.3 Å². The summed E-state index contributed by atoms with van der Waals surface area (Å²) in [5.41, 5.74) is 1.08. The summed E-state index contributed by atoms with van der Waals surface area (Å²) in [6.45, 7) is 0.316. The van der Waals surface area contributed by atoms with E-state index in [0.717, 1.165) is 0 Å². The summed E-state index contributed by atoms with van der Waals surface area (Å²) in [6, 6.07) is 8.12. The highest BCUT2D eigenvalue weighted by Crippen LogP contribution is 2.24. The average molecular weight is 259 g/mol. The minimum atomic E-state index is -0.933. The number of benzene rings is 1. The minimum Gasteiger partial charge on any atom is -0.481 e. The zero-order chi connectivity index (χ0) is 14.0. The highest BCUT2D eigenvalue weighted by atomic mass is 16.4. The van der Waals surface area contributed by atoms with Crippen LogP contribution in [-0.4, -0.2) is 41.6 Å². The van der Waals surface area contributed by atoms with Crippen molar-refractivity contribution in [2.75, 3.05) is 18.5 Å². The molecule has 0 spiro atoms. The van der Waals surface area contributed by atoms with Gasteiger partial charge in [-0.1, -0.05) is 6.07 Å². The van der Waals surface area contributed by atoms with Gasteiger partial charge in [-0.05, 0) is 18.2 Å². The molecule has 1 atom stereocenters. The molecule has 1 heterocycles. The highest BCUT2D eigenvalue weighted by molar-refractivity contribution is 5.95. The van der Waals surface area contributed by atoms with E-state index in [4.69, 9.17) is 10.4 Å². The maximum Gasteiger partial charge on any atom is 0.324 e. The molecule has 1 N–H and O–H groups in total. The number of carbonyl (C=O) groups excluding carboxylic acids is 1. The fraction of sp³-hybridized carbons (Fsp3) is 0.308. The third kappa shape index (κ3) is 2.50. The quantitative estimate of drug-likeness (QED) is 0.885. The molecule has 0 aliphatic carbocycles. The summed E-state index contributed by atoms with van der Waals surface area (Å²) >= 11 is 0. The van der Waals surface area contributed by atoms with Crippen LogP contribution in [0, 0.1) is 11.3 Å². The predicted molar refractivity (Wildman–Crippen MR) is 67.7 cm³/mol. The van der Waals surface area contributed by atoms with Crippen LogP contribution < -0.4 is 4.90 Å². The second-order valence-electron chi connectivity index (χ2n) is 4.42. The van der Waals surface area contributed by atoms with E-state index in [1.807, 2.05) is 6.07 Å². The maximum atomic E-state index is 12.1. The van der Waals surface area contributed by atoms with Gasteiger partial charge in [0.2, 0.25) is 0 Å². The van der Waals surface area contributed by atoms with Crippen LogP contribution in [0.1, 0.15) is 12.0 Å². The lowest BCUT2D eigenvalue weighted by atomic mass is 10.2. The number of aliphatic carboxylic acids is 1. The highest BCUT2D eigenvalue weighted by Gasteiger charge is 2.36. The molecule has 1 saturated heterocycles. The first-order valence-corrected chi connectivity index (χ1v) is 5.79. The molecule has 1 aliphatic rings. The summed E-state index contributed by atoms with van der Waals surface area (Å²) in [7, 11) is 1.59. The summed E-state index contributed by atoms with van der Waals surface area (Å²) in [6.07, 6.45) is -0.0866. The van der Waals surface area contributed by atoms with E-state index in [0.29, 0.717) is 17.8 Å². The van der Waals surface area contributed by atoms with Crippen molar-refractivity contribution in [3.8, 4) is 6.07 Å². The molecule has 1 fully saturated rings. The molecule has 0 radical (unpaired) electrons. The normalized spacial score (nSPS) is 18.5. The van der Waals surface area contributed by atoms with Gasteiger partial charge in [0.25, 0.3) is 0 Å². The van der Waals surface area contributed by atoms with Gasteiger partial charge < -0.3 is 10.0 Å². The third-order valence-electron chi connectivity index (χ3n) is 3.17. The average Bonchev–Trinajstić information content (AvgIpc) is 2.67. The minimum absolute atomic E-state index is 0.0866. The van der Waals surface area contributed by atoms with E-state index in [9.17, 15) is 9.59 Å². The Morgan fingerprint density at radius 3 is 2.95 bits per heavy atom. The van der Waals surface area contributed by atoms with Crippen molar-refractivity contribution in [3.63, 3.8) is 0 Å². The fourth-order valence-electron chi connectivity index (χ4n) is 2.12. The molecule has 98 valence electrons. The summed E-state index contributed by atoms with van der Waals surface area (Å²) < 4.78 is 0. The smallest absolute Gasteiger partial charge is 0.324 e. The maximum absolute atomic E-state index is 12.1. The van der Waals surface area contributed by atoms with Gasteiger partial charge >= 0.3 is 12.0 Å². The number of anilines is 1. The first-order valence-electron chi connectivity index (χ1n) is 5.79. The van der Waals surface area contributed by atoms with E-state index in [-0.39, 0.29) is 18.5 Å². The summed E-state index contributed by atoms with van der Waals surface area (Å²) in [5.74, 6) is -0.933. The van der Waals surface area contributed by atoms with Gasteiger partial charge in [-0.15, -0.1) is 0 Å². The number of carbonyl (C=O) groups is 2. The van der Waals surface area contributed by atoms with Crippen LogP contribution in [0.25, 0.3) is 0 Å². The first-order chi connectivity index (χ1) is 9.02. The topological polar surface area (TPSA) is 84.6 Å². The number of hydrogen-bond acceptors (Lipinski definition) is 3. The van der Waals surface area contributed by atoms with Crippen LogP contribution in [0.3, 0.4) is 0 Å². The van der Waals surface area contributed by atoms with E-state index < -0.39 is 5.97 Å². The second kappa shape index (κ2) is 4.98. The van der Waals surface area contributed by atoms with E-state index in [1.165, 1.54) is 9.80 Å². The molecule has 2 rings (SSSR count). The zero-order valence-corrected chi connectivity index (χ0v) is 10.4. The number of rotatable bonds is 3. The van der Waals surface area contributed by atoms with Gasteiger partial charge in [-0.3, -0.25) is 9.69 Å². The second-order valence-corrected chi connectivity index (χ2v) is 4.42. The van der Waals surface area contributed by atoms with E-state index in [1.54, 1.807) is 31.3 Å². The van der Waals surface area contributed by atoms with Gasteiger partial charge in [0.05, 0.1) is 24.1 Å². The lowest BCUT2D eigenvalue weighted by molar-refractivity contribution is -0.137. The van der Waals surface area contributed by atoms with Crippen molar-refractivity contribution in [1.29, 1.82) is 5.26 Å². The molecule has 6 nitrogen and oxygen atoms in total. The van der Waals surface area contributed by atoms with Crippen molar-refractivity contribution < 1.29 is 14.7 Å². The number of carboxylic acid groups (broad SMARTS) is 1. The van der Waals surface area contributed by atoms with Crippen molar-refractivity contribution in [1.82, 2.24) is 4.90 Å². The SMILES string of the molecule is CN1C(=O)N(c2cccc(C#N)c2)CC1CC(=O)O. The summed E-state index contributed by atoms with van der Waals surface area (Å²) in [4.78, 5) is 25.7. The van der Waals surface area contributed by atoms with Crippen molar-refractivity contribution in [2.24, 2.45) is 0 Å². The number of nitriles is 1. The Morgan fingerprint density at radius 1 is 1.58 bits per heavy atom. The number of urea groups is 1. The molecule has 1 aromatic rings. The molecule has 1 aliphatic heterocycles. The van der Waals surface area contributed by atoms with Crippen LogP contribution >= 0.6 is 0 Å². The molecule has 2 amide bonds. The molecule has 6 heteroatoms. The van der Waals surface area contributed by atoms with Gasteiger partial charge in [-0.2, -0.15) is 5.26 Å². The van der Waals surface area contributed by atoms with Crippen LogP contribution in [0.4, 0.5) is 10.5 Å². The third-order valence-corrected chi connectivity index (χ3v) is 3.17. The van der Waals surface area contributed by atoms with Crippen LogP contribution in [0.5, 0.6) is 0 Å². The van der Waals surface area contributed by atoms with Crippen molar-refractivity contribution >= 4 is 17.7 Å². The molecule has 1 aromatic carbocycles. The molecule has 0 saturated carbocycles. The number of carboxylic acids is 1.